The molecular weight excluding hydrogens is 296 g/mol. The van der Waals surface area contributed by atoms with E-state index in [1.165, 1.54) is 12.1 Å². The number of aromatic nitrogens is 1. The van der Waals surface area contributed by atoms with Crippen LogP contribution in [0.2, 0.25) is 0 Å². The number of hydrogen-bond acceptors (Lipinski definition) is 1. The molecule has 0 aliphatic carbocycles. The SMILES string of the molecule is CN(C)CCCc1cc(Br)c(Br)[nH]1. The van der Waals surface area contributed by atoms with Gasteiger partial charge in [-0.2, -0.15) is 0 Å². The zero-order valence-electron chi connectivity index (χ0n) is 7.90. The average molecular weight is 310 g/mol. The lowest BCUT2D eigenvalue weighted by Gasteiger charge is -2.07. The zero-order chi connectivity index (χ0) is 9.84. The standard InChI is InChI=1S/C9H14Br2N2/c1-13(2)5-3-4-7-6-8(10)9(11)12-7/h6,12H,3-5H2,1-2H3. The molecule has 0 aliphatic heterocycles. The van der Waals surface area contributed by atoms with Crippen LogP contribution in [-0.4, -0.2) is 30.5 Å². The first kappa shape index (κ1) is 11.3. The average Bonchev–Trinajstić information content (AvgIpc) is 2.30. The Labute approximate surface area is 96.0 Å². The Morgan fingerprint density at radius 1 is 1.38 bits per heavy atom. The van der Waals surface area contributed by atoms with Gasteiger partial charge in [-0.15, -0.1) is 0 Å². The second-order valence-electron chi connectivity index (χ2n) is 3.36. The smallest absolute Gasteiger partial charge is 0.0966 e. The summed E-state index contributed by atoms with van der Waals surface area (Å²) in [5.74, 6) is 0. The van der Waals surface area contributed by atoms with E-state index < -0.39 is 0 Å². The molecule has 0 aromatic carbocycles. The normalized spacial score (nSPS) is 11.2. The lowest BCUT2D eigenvalue weighted by molar-refractivity contribution is 0.399. The first-order chi connectivity index (χ1) is 6.09. The van der Waals surface area contributed by atoms with E-state index in [1.54, 1.807) is 0 Å². The molecule has 1 N–H and O–H groups in total. The maximum absolute atomic E-state index is 3.45. The Morgan fingerprint density at radius 3 is 2.54 bits per heavy atom. The minimum atomic E-state index is 1.03. The molecule has 0 spiro atoms. The Bertz CT molecular complexity index is 249. The number of nitrogens with one attached hydrogen (secondary N) is 1. The topological polar surface area (TPSA) is 19.0 Å². The van der Waals surface area contributed by atoms with Gasteiger partial charge < -0.3 is 9.88 Å². The lowest BCUT2D eigenvalue weighted by atomic mass is 10.2. The molecule has 74 valence electrons. The van der Waals surface area contributed by atoms with Crippen molar-refractivity contribution < 1.29 is 0 Å². The van der Waals surface area contributed by atoms with Crippen LogP contribution in [0.1, 0.15) is 12.1 Å². The molecule has 0 atom stereocenters. The quantitative estimate of drug-likeness (QED) is 0.906. The molecule has 0 saturated heterocycles. The van der Waals surface area contributed by atoms with E-state index >= 15 is 0 Å². The summed E-state index contributed by atoms with van der Waals surface area (Å²) in [7, 11) is 4.20. The molecule has 0 saturated carbocycles. The Morgan fingerprint density at radius 2 is 2.08 bits per heavy atom. The van der Waals surface area contributed by atoms with Gasteiger partial charge in [0.15, 0.2) is 0 Å². The largest absolute Gasteiger partial charge is 0.352 e. The third-order valence-corrected chi connectivity index (χ3v) is 3.62. The molecule has 1 aromatic heterocycles. The van der Waals surface area contributed by atoms with Crippen molar-refractivity contribution in [1.82, 2.24) is 9.88 Å². The van der Waals surface area contributed by atoms with E-state index in [2.05, 4.69) is 61.9 Å². The molecule has 0 unspecified atom stereocenters. The molecule has 1 heterocycles. The van der Waals surface area contributed by atoms with Gasteiger partial charge in [0.25, 0.3) is 0 Å². The Balaban J connectivity index is 2.37. The lowest BCUT2D eigenvalue weighted by Crippen LogP contribution is -2.13. The predicted molar refractivity (Wildman–Crippen MR) is 63.1 cm³/mol. The van der Waals surface area contributed by atoms with Gasteiger partial charge in [0.2, 0.25) is 0 Å². The maximum Gasteiger partial charge on any atom is 0.0966 e. The molecule has 0 amide bonds. The van der Waals surface area contributed by atoms with Crippen LogP contribution in [0.25, 0.3) is 0 Å². The van der Waals surface area contributed by atoms with Crippen molar-refractivity contribution in [2.75, 3.05) is 20.6 Å². The summed E-state index contributed by atoms with van der Waals surface area (Å²) in [5.41, 5.74) is 1.28. The highest BCUT2D eigenvalue weighted by Gasteiger charge is 2.02. The van der Waals surface area contributed by atoms with Crippen molar-refractivity contribution in [3.63, 3.8) is 0 Å². The summed E-state index contributed by atoms with van der Waals surface area (Å²) in [6.45, 7) is 1.13. The predicted octanol–water partition coefficient (Wildman–Crippen LogP) is 3.03. The van der Waals surface area contributed by atoms with Crippen molar-refractivity contribution >= 4 is 31.9 Å². The van der Waals surface area contributed by atoms with Crippen LogP contribution < -0.4 is 0 Å². The second-order valence-corrected chi connectivity index (χ2v) is 5.01. The Kier molecular flexibility index (Phi) is 4.49. The van der Waals surface area contributed by atoms with Gasteiger partial charge >= 0.3 is 0 Å². The van der Waals surface area contributed by atoms with Gasteiger partial charge in [-0.3, -0.25) is 0 Å². The van der Waals surface area contributed by atoms with Gasteiger partial charge in [0.1, 0.15) is 0 Å². The zero-order valence-corrected chi connectivity index (χ0v) is 11.1. The number of nitrogens with zero attached hydrogens (tertiary/aromatic N) is 1. The van der Waals surface area contributed by atoms with Crippen LogP contribution in [-0.2, 0) is 6.42 Å². The van der Waals surface area contributed by atoms with E-state index in [1.807, 2.05) is 0 Å². The van der Waals surface area contributed by atoms with Gasteiger partial charge in [0.05, 0.1) is 4.60 Å². The second kappa shape index (κ2) is 5.17. The molecular formula is C9H14Br2N2. The molecule has 0 radical (unpaired) electrons. The molecule has 0 aliphatic rings. The number of halogens is 2. The van der Waals surface area contributed by atoms with Crippen molar-refractivity contribution in [2.24, 2.45) is 0 Å². The van der Waals surface area contributed by atoms with E-state index in [0.717, 1.165) is 22.0 Å². The van der Waals surface area contributed by atoms with Crippen LogP contribution in [0.4, 0.5) is 0 Å². The summed E-state index contributed by atoms with van der Waals surface area (Å²) >= 11 is 6.87. The minimum Gasteiger partial charge on any atom is -0.352 e. The monoisotopic (exact) mass is 308 g/mol. The number of rotatable bonds is 4. The van der Waals surface area contributed by atoms with Crippen LogP contribution in [0.5, 0.6) is 0 Å². The maximum atomic E-state index is 3.45. The summed E-state index contributed by atoms with van der Waals surface area (Å²) in [5, 5.41) is 0. The van der Waals surface area contributed by atoms with Gasteiger partial charge in [-0.05, 0) is 71.4 Å². The molecule has 0 fully saturated rings. The van der Waals surface area contributed by atoms with Crippen molar-refractivity contribution in [3.8, 4) is 0 Å². The fourth-order valence-corrected chi connectivity index (χ4v) is 1.92. The van der Waals surface area contributed by atoms with Crippen molar-refractivity contribution in [3.05, 3.63) is 20.8 Å². The van der Waals surface area contributed by atoms with E-state index in [-0.39, 0.29) is 0 Å². The fourth-order valence-electron chi connectivity index (χ4n) is 1.17. The highest BCUT2D eigenvalue weighted by molar-refractivity contribution is 9.13. The third kappa shape index (κ3) is 3.83. The van der Waals surface area contributed by atoms with Crippen molar-refractivity contribution in [2.45, 2.75) is 12.8 Å². The van der Waals surface area contributed by atoms with Gasteiger partial charge in [-0.25, -0.2) is 0 Å². The van der Waals surface area contributed by atoms with Crippen LogP contribution in [0.15, 0.2) is 15.1 Å². The number of aryl methyl sites for hydroxylation is 1. The first-order valence-corrected chi connectivity index (χ1v) is 5.86. The minimum absolute atomic E-state index is 1.03. The molecule has 1 rings (SSSR count). The van der Waals surface area contributed by atoms with E-state index in [9.17, 15) is 0 Å². The number of aromatic amines is 1. The highest BCUT2D eigenvalue weighted by Crippen LogP contribution is 2.23. The van der Waals surface area contributed by atoms with Crippen LogP contribution in [0.3, 0.4) is 0 Å². The third-order valence-electron chi connectivity index (χ3n) is 1.83. The van der Waals surface area contributed by atoms with Crippen LogP contribution in [0, 0.1) is 0 Å². The summed E-state index contributed by atoms with van der Waals surface area (Å²) in [6.07, 6.45) is 2.29. The first-order valence-electron chi connectivity index (χ1n) is 4.27. The van der Waals surface area contributed by atoms with Gasteiger partial charge in [-0.1, -0.05) is 0 Å². The van der Waals surface area contributed by atoms with E-state index in [4.69, 9.17) is 0 Å². The summed E-state index contributed by atoms with van der Waals surface area (Å²) in [4.78, 5) is 5.47. The summed E-state index contributed by atoms with van der Waals surface area (Å²) < 4.78 is 2.14. The molecule has 2 nitrogen and oxygen atoms in total. The van der Waals surface area contributed by atoms with Crippen LogP contribution >= 0.6 is 31.9 Å². The van der Waals surface area contributed by atoms with Gasteiger partial charge in [0, 0.05) is 10.2 Å². The molecule has 0 bridgehead atoms. The fraction of sp³-hybridized carbons (Fsp3) is 0.556. The highest BCUT2D eigenvalue weighted by atomic mass is 79.9. The van der Waals surface area contributed by atoms with Crippen molar-refractivity contribution in [1.29, 1.82) is 0 Å². The van der Waals surface area contributed by atoms with E-state index in [0.29, 0.717) is 0 Å². The molecule has 4 heteroatoms. The summed E-state index contributed by atoms with van der Waals surface area (Å²) in [6, 6.07) is 2.12. The number of hydrogen-bond donors (Lipinski definition) is 1. The Hall–Kier alpha value is 0.200. The molecule has 1 aromatic rings. The number of H-pyrrole nitrogens is 1. The molecule has 13 heavy (non-hydrogen) atoms.